The summed E-state index contributed by atoms with van der Waals surface area (Å²) in [7, 11) is 0. The normalized spacial score (nSPS) is 11.2. The monoisotopic (exact) mass is 620 g/mol. The van der Waals surface area contributed by atoms with E-state index in [4.69, 9.17) is 9.47 Å². The van der Waals surface area contributed by atoms with Crippen LogP contribution in [0.3, 0.4) is 0 Å². The molecule has 10 nitrogen and oxygen atoms in total. The second-order valence-electron chi connectivity index (χ2n) is 12.2. The average Bonchev–Trinajstić information content (AvgIpc) is 2.97. The number of carboxylic acids is 2. The summed E-state index contributed by atoms with van der Waals surface area (Å²) in [5.41, 5.74) is -1.51. The number of carbonyl (C=O) groups is 4. The van der Waals surface area contributed by atoms with Crippen molar-refractivity contribution in [3.8, 4) is 0 Å². The van der Waals surface area contributed by atoms with Crippen LogP contribution in [0.25, 0.3) is 0 Å². The summed E-state index contributed by atoms with van der Waals surface area (Å²) in [5, 5.41) is 24.6. The lowest BCUT2D eigenvalue weighted by molar-refractivity contribution is 0.0686. The topological polar surface area (TPSA) is 151 Å². The second kappa shape index (κ2) is 23.4. The van der Waals surface area contributed by atoms with Crippen LogP contribution in [0.4, 0.5) is 0 Å². The highest BCUT2D eigenvalue weighted by atomic mass is 16.5. The van der Waals surface area contributed by atoms with Gasteiger partial charge in [-0.15, -0.1) is 0 Å². The molecular weight excluding hydrogens is 564 g/mol. The van der Waals surface area contributed by atoms with E-state index in [1.807, 2.05) is 0 Å². The molecular formula is C34H56N2O8. The number of carbonyl (C=O) groups excluding carboxylic acids is 2. The van der Waals surface area contributed by atoms with Crippen LogP contribution in [-0.4, -0.2) is 73.5 Å². The number of aromatic carboxylic acids is 2. The maximum Gasteiger partial charge on any atom is 0.336 e. The number of hydrogen-bond donors (Lipinski definition) is 4. The van der Waals surface area contributed by atoms with Crippen LogP contribution < -0.4 is 10.6 Å². The van der Waals surface area contributed by atoms with Gasteiger partial charge >= 0.3 is 11.9 Å². The van der Waals surface area contributed by atoms with E-state index in [2.05, 4.69) is 38.3 Å². The van der Waals surface area contributed by atoms with E-state index in [0.717, 1.165) is 49.7 Å². The van der Waals surface area contributed by atoms with Crippen molar-refractivity contribution in [1.82, 2.24) is 10.6 Å². The van der Waals surface area contributed by atoms with E-state index >= 15 is 0 Å². The number of rotatable bonds is 26. The Morgan fingerprint density at radius 1 is 0.545 bits per heavy atom. The number of nitrogens with one attached hydrogen (secondary N) is 2. The molecule has 0 aromatic heterocycles. The van der Waals surface area contributed by atoms with Crippen molar-refractivity contribution in [2.45, 2.75) is 105 Å². The molecule has 10 heteroatoms. The van der Waals surface area contributed by atoms with Gasteiger partial charge in [0, 0.05) is 39.5 Å². The molecule has 0 heterocycles. The molecule has 0 aliphatic carbocycles. The molecule has 0 bridgehead atoms. The van der Waals surface area contributed by atoms with Crippen LogP contribution >= 0.6 is 0 Å². The molecule has 0 atom stereocenters. The number of ether oxygens (including phenoxy) is 2. The summed E-state index contributed by atoms with van der Waals surface area (Å²) in [6, 6.07) is 1.91. The number of unbranched alkanes of at least 4 members (excludes halogenated alkanes) is 6. The van der Waals surface area contributed by atoms with Crippen molar-refractivity contribution < 1.29 is 38.9 Å². The fourth-order valence-corrected chi connectivity index (χ4v) is 4.70. The Bertz CT molecular complexity index is 934. The minimum Gasteiger partial charge on any atom is -0.478 e. The molecule has 4 N–H and O–H groups in total. The van der Waals surface area contributed by atoms with Gasteiger partial charge in [0.1, 0.15) is 0 Å². The van der Waals surface area contributed by atoms with Gasteiger partial charge in [-0.1, -0.05) is 79.1 Å². The second-order valence-corrected chi connectivity index (χ2v) is 12.2. The van der Waals surface area contributed by atoms with Crippen LogP contribution in [0.15, 0.2) is 12.1 Å². The molecule has 0 aliphatic rings. The SMILES string of the molecule is CC(C)CCCCCCOCCCNC(=O)c1cc(C(=O)NCCCOCCCCCCC(C)C)c(C(=O)O)cc1C(=O)O. The summed E-state index contributed by atoms with van der Waals surface area (Å²) >= 11 is 0. The van der Waals surface area contributed by atoms with Crippen molar-refractivity contribution >= 4 is 23.8 Å². The van der Waals surface area contributed by atoms with E-state index in [0.29, 0.717) is 39.3 Å². The molecule has 250 valence electrons. The van der Waals surface area contributed by atoms with Gasteiger partial charge in [0.2, 0.25) is 0 Å². The lowest BCUT2D eigenvalue weighted by Crippen LogP contribution is -2.30. The molecule has 0 fully saturated rings. The van der Waals surface area contributed by atoms with Gasteiger partial charge < -0.3 is 30.3 Å². The molecule has 0 spiro atoms. The van der Waals surface area contributed by atoms with Gasteiger partial charge in [-0.3, -0.25) is 9.59 Å². The minimum absolute atomic E-state index is 0.242. The van der Waals surface area contributed by atoms with Gasteiger partial charge in [0.15, 0.2) is 0 Å². The molecule has 44 heavy (non-hydrogen) atoms. The fraction of sp³-hybridized carbons (Fsp3) is 0.706. The lowest BCUT2D eigenvalue weighted by atomic mass is 9.97. The molecule has 0 saturated heterocycles. The Labute approximate surface area is 263 Å². The summed E-state index contributed by atoms with van der Waals surface area (Å²) in [4.78, 5) is 49.4. The lowest BCUT2D eigenvalue weighted by Gasteiger charge is -2.13. The molecule has 0 radical (unpaired) electrons. The number of amides is 2. The first-order chi connectivity index (χ1) is 21.0. The first-order valence-corrected chi connectivity index (χ1v) is 16.4. The molecule has 2 amide bonds. The third kappa shape index (κ3) is 17.3. The smallest absolute Gasteiger partial charge is 0.336 e. The third-order valence-electron chi connectivity index (χ3n) is 7.25. The van der Waals surface area contributed by atoms with Gasteiger partial charge in [0.25, 0.3) is 11.8 Å². The standard InChI is InChI=1S/C34H56N2O8/c1-25(2)15-9-5-7-11-19-43-21-13-17-35-31(37)27-23-28(30(34(41)42)24-29(27)33(39)40)32(38)36-18-14-22-44-20-12-8-6-10-16-26(3)4/h23-26H,5-22H2,1-4H3,(H,35,37)(H,36,38)(H,39,40)(H,41,42). The van der Waals surface area contributed by atoms with E-state index in [9.17, 15) is 29.4 Å². The molecule has 1 aromatic carbocycles. The van der Waals surface area contributed by atoms with Crippen molar-refractivity contribution in [3.63, 3.8) is 0 Å². The molecule has 0 aliphatic heterocycles. The van der Waals surface area contributed by atoms with E-state index in [-0.39, 0.29) is 24.2 Å². The summed E-state index contributed by atoms with van der Waals surface area (Å²) in [6.45, 7) is 11.6. The van der Waals surface area contributed by atoms with Crippen LogP contribution in [0.5, 0.6) is 0 Å². The first kappa shape index (κ1) is 39.0. The molecule has 0 saturated carbocycles. The van der Waals surface area contributed by atoms with Gasteiger partial charge in [-0.25, -0.2) is 9.59 Å². The average molecular weight is 621 g/mol. The summed E-state index contributed by atoms with van der Waals surface area (Å²) < 4.78 is 11.3. The molecule has 0 unspecified atom stereocenters. The largest absolute Gasteiger partial charge is 0.478 e. The van der Waals surface area contributed by atoms with Gasteiger partial charge in [0.05, 0.1) is 22.3 Å². The summed E-state index contributed by atoms with van der Waals surface area (Å²) in [6.07, 6.45) is 12.6. The van der Waals surface area contributed by atoms with Crippen molar-refractivity contribution in [3.05, 3.63) is 34.4 Å². The first-order valence-electron chi connectivity index (χ1n) is 16.4. The zero-order valence-electron chi connectivity index (χ0n) is 27.4. The highest BCUT2D eigenvalue weighted by molar-refractivity contribution is 6.11. The van der Waals surface area contributed by atoms with Gasteiger partial charge in [-0.2, -0.15) is 0 Å². The third-order valence-corrected chi connectivity index (χ3v) is 7.25. The van der Waals surface area contributed by atoms with Crippen molar-refractivity contribution in [2.24, 2.45) is 11.8 Å². The maximum atomic E-state index is 12.9. The molecule has 1 aromatic rings. The van der Waals surface area contributed by atoms with Crippen molar-refractivity contribution in [1.29, 1.82) is 0 Å². The van der Waals surface area contributed by atoms with Gasteiger partial charge in [-0.05, 0) is 49.7 Å². The van der Waals surface area contributed by atoms with E-state index in [1.54, 1.807) is 0 Å². The van der Waals surface area contributed by atoms with Crippen molar-refractivity contribution in [2.75, 3.05) is 39.5 Å². The highest BCUT2D eigenvalue weighted by Crippen LogP contribution is 2.19. The maximum absolute atomic E-state index is 12.9. The Kier molecular flexibility index (Phi) is 20.8. The minimum atomic E-state index is -1.46. The Hall–Kier alpha value is -2.98. The highest BCUT2D eigenvalue weighted by Gasteiger charge is 2.25. The number of carboxylic acid groups (broad SMARTS) is 2. The van der Waals surface area contributed by atoms with Crippen LogP contribution in [0.2, 0.25) is 0 Å². The van der Waals surface area contributed by atoms with Crippen LogP contribution in [0.1, 0.15) is 146 Å². The Morgan fingerprint density at radius 2 is 0.886 bits per heavy atom. The van der Waals surface area contributed by atoms with E-state index < -0.39 is 34.9 Å². The predicted octanol–water partition coefficient (Wildman–Crippen LogP) is 6.57. The van der Waals surface area contributed by atoms with E-state index in [1.165, 1.54) is 38.5 Å². The zero-order chi connectivity index (χ0) is 32.7. The zero-order valence-corrected chi connectivity index (χ0v) is 27.4. The number of benzene rings is 1. The summed E-state index contributed by atoms with van der Waals surface area (Å²) in [5.74, 6) is -2.86. The Balaban J connectivity index is 2.53. The Morgan fingerprint density at radius 3 is 1.25 bits per heavy atom. The quantitative estimate of drug-likeness (QED) is 0.0849. The predicted molar refractivity (Wildman–Crippen MR) is 172 cm³/mol. The molecule has 1 rings (SSSR count). The van der Waals surface area contributed by atoms with Crippen LogP contribution in [0, 0.1) is 11.8 Å². The number of hydrogen-bond acceptors (Lipinski definition) is 6. The fourth-order valence-electron chi connectivity index (χ4n) is 4.70. The van der Waals surface area contributed by atoms with Crippen LogP contribution in [-0.2, 0) is 9.47 Å².